The summed E-state index contributed by atoms with van der Waals surface area (Å²) in [6.07, 6.45) is -2.60. The van der Waals surface area contributed by atoms with E-state index in [4.69, 9.17) is 23.4 Å². The van der Waals surface area contributed by atoms with E-state index < -0.39 is 44.9 Å². The highest BCUT2D eigenvalue weighted by Crippen LogP contribution is 2.41. The maximum atomic E-state index is 12.1. The average molecular weight is 605 g/mol. The smallest absolute Gasteiger partial charge is 0.192 e. The van der Waals surface area contributed by atoms with Crippen molar-refractivity contribution in [2.24, 2.45) is 0 Å². The van der Waals surface area contributed by atoms with Crippen molar-refractivity contribution in [2.75, 3.05) is 6.61 Å². The summed E-state index contributed by atoms with van der Waals surface area (Å²) in [6.45, 7) is 16.1. The zero-order valence-electron chi connectivity index (χ0n) is 26.2. The van der Waals surface area contributed by atoms with Crippen molar-refractivity contribution in [1.82, 2.24) is 0 Å². The first-order valence-corrected chi connectivity index (χ1v) is 18.1. The lowest BCUT2D eigenvalue weighted by molar-refractivity contribution is -0.267. The molecule has 1 aliphatic rings. The molecule has 6 nitrogen and oxygen atoms in total. The molecule has 0 heterocycles. The summed E-state index contributed by atoms with van der Waals surface area (Å²) in [5.41, 5.74) is 3.05. The van der Waals surface area contributed by atoms with Gasteiger partial charge in [0.15, 0.2) is 8.32 Å². The highest BCUT2D eigenvalue weighted by Gasteiger charge is 2.56. The molecule has 0 radical (unpaired) electrons. The second kappa shape index (κ2) is 15.4. The van der Waals surface area contributed by atoms with Gasteiger partial charge in [-0.1, -0.05) is 118 Å². The van der Waals surface area contributed by atoms with E-state index in [-0.39, 0.29) is 11.6 Å². The first-order chi connectivity index (χ1) is 20.6. The topological polar surface area (TPSA) is 66.4 Å². The van der Waals surface area contributed by atoms with Crippen LogP contribution in [0.15, 0.2) is 104 Å². The molecule has 3 aromatic carbocycles. The minimum Gasteiger partial charge on any atom is -0.408 e. The minimum absolute atomic E-state index is 0.0862. The zero-order chi connectivity index (χ0) is 30.9. The van der Waals surface area contributed by atoms with E-state index in [9.17, 15) is 5.11 Å². The Hall–Kier alpha value is -2.62. The van der Waals surface area contributed by atoms with Crippen LogP contribution >= 0.6 is 0 Å². The van der Waals surface area contributed by atoms with Gasteiger partial charge in [-0.05, 0) is 34.8 Å². The summed E-state index contributed by atoms with van der Waals surface area (Å²) in [5, 5.41) is 12.0. The highest BCUT2D eigenvalue weighted by molar-refractivity contribution is 6.74. The number of aliphatic hydroxyl groups is 1. The van der Waals surface area contributed by atoms with Crippen molar-refractivity contribution < 1.29 is 28.5 Å². The third kappa shape index (κ3) is 8.96. The molecule has 0 amide bonds. The minimum atomic E-state index is -2.36. The summed E-state index contributed by atoms with van der Waals surface area (Å²) in [4.78, 5) is 0. The average Bonchev–Trinajstić information content (AvgIpc) is 3.00. The van der Waals surface area contributed by atoms with Crippen LogP contribution < -0.4 is 0 Å². The lowest BCUT2D eigenvalue weighted by atomic mass is 9.84. The molecule has 1 saturated carbocycles. The molecule has 6 atom stereocenters. The Morgan fingerprint density at radius 3 is 1.40 bits per heavy atom. The van der Waals surface area contributed by atoms with Gasteiger partial charge in [-0.2, -0.15) is 0 Å². The predicted octanol–water partition coefficient (Wildman–Crippen LogP) is 7.08. The lowest BCUT2D eigenvalue weighted by Crippen LogP contribution is -2.68. The Morgan fingerprint density at radius 1 is 0.628 bits per heavy atom. The van der Waals surface area contributed by atoms with Crippen molar-refractivity contribution in [3.63, 3.8) is 0 Å². The standard InChI is InChI=1S/C36H48O6Si/c1-7-23-38-34-32(42-43(5,6)36(2,3)4)30(37)31(39-24-27-17-11-8-12-18-27)33(40-25-28-19-13-9-14-20-28)35(34)41-26-29-21-15-10-16-22-29/h7-22,30-35,37H,1,23-26H2,2-6H3/t30-,31-,32+,33-,34+,35-/m0/s1. The number of hydrogen-bond acceptors (Lipinski definition) is 6. The van der Waals surface area contributed by atoms with Crippen molar-refractivity contribution in [3.8, 4) is 0 Å². The van der Waals surface area contributed by atoms with Crippen LogP contribution in [0.5, 0.6) is 0 Å². The molecule has 3 aromatic rings. The van der Waals surface area contributed by atoms with Crippen molar-refractivity contribution in [1.29, 1.82) is 0 Å². The fraction of sp³-hybridized carbons (Fsp3) is 0.444. The second-order valence-corrected chi connectivity index (χ2v) is 17.5. The van der Waals surface area contributed by atoms with Gasteiger partial charge in [0.1, 0.15) is 36.6 Å². The van der Waals surface area contributed by atoms with Crippen LogP contribution in [-0.2, 0) is 43.2 Å². The molecule has 0 aliphatic heterocycles. The van der Waals surface area contributed by atoms with E-state index in [1.807, 2.05) is 91.0 Å². The number of hydrogen-bond donors (Lipinski definition) is 1. The van der Waals surface area contributed by atoms with Crippen LogP contribution in [0.2, 0.25) is 18.1 Å². The van der Waals surface area contributed by atoms with Gasteiger partial charge < -0.3 is 28.5 Å². The van der Waals surface area contributed by atoms with Gasteiger partial charge in [0, 0.05) is 0 Å². The zero-order valence-corrected chi connectivity index (χ0v) is 27.2. The van der Waals surface area contributed by atoms with Crippen molar-refractivity contribution in [3.05, 3.63) is 120 Å². The molecule has 0 saturated heterocycles. The molecule has 0 unspecified atom stereocenters. The number of aliphatic hydroxyl groups excluding tert-OH is 1. The van der Waals surface area contributed by atoms with Gasteiger partial charge in [-0.25, -0.2) is 0 Å². The van der Waals surface area contributed by atoms with E-state index in [1.54, 1.807) is 6.08 Å². The monoisotopic (exact) mass is 604 g/mol. The Kier molecular flexibility index (Phi) is 11.9. The summed E-state index contributed by atoms with van der Waals surface area (Å²) in [5.74, 6) is 0. The van der Waals surface area contributed by atoms with E-state index in [0.29, 0.717) is 19.8 Å². The van der Waals surface area contributed by atoms with E-state index in [1.165, 1.54) is 0 Å². The summed E-state index contributed by atoms with van der Waals surface area (Å²) < 4.78 is 33.3. The molecule has 43 heavy (non-hydrogen) atoms. The molecule has 4 rings (SSSR count). The van der Waals surface area contributed by atoms with E-state index in [2.05, 4.69) is 40.4 Å². The highest BCUT2D eigenvalue weighted by atomic mass is 28.4. The molecule has 1 fully saturated rings. The molecule has 7 heteroatoms. The van der Waals surface area contributed by atoms with Gasteiger partial charge in [-0.3, -0.25) is 0 Å². The molecule has 0 spiro atoms. The summed E-state index contributed by atoms with van der Waals surface area (Å²) in [7, 11) is -2.36. The molecular formula is C36H48O6Si. The van der Waals surface area contributed by atoms with Crippen LogP contribution in [0, 0.1) is 0 Å². The van der Waals surface area contributed by atoms with Gasteiger partial charge in [0.25, 0.3) is 0 Å². The van der Waals surface area contributed by atoms with Gasteiger partial charge in [0.2, 0.25) is 0 Å². The molecule has 232 valence electrons. The lowest BCUT2D eigenvalue weighted by Gasteiger charge is -2.51. The molecule has 1 N–H and O–H groups in total. The fourth-order valence-electron chi connectivity index (χ4n) is 5.03. The Morgan fingerprint density at radius 2 is 1.00 bits per heavy atom. The third-order valence-electron chi connectivity index (χ3n) is 8.47. The number of rotatable bonds is 14. The van der Waals surface area contributed by atoms with Crippen LogP contribution in [0.3, 0.4) is 0 Å². The summed E-state index contributed by atoms with van der Waals surface area (Å²) >= 11 is 0. The Labute approximate surface area is 258 Å². The van der Waals surface area contributed by atoms with E-state index in [0.717, 1.165) is 16.7 Å². The van der Waals surface area contributed by atoms with Gasteiger partial charge >= 0.3 is 0 Å². The first kappa shape index (κ1) is 33.3. The molecular weight excluding hydrogens is 556 g/mol. The van der Waals surface area contributed by atoms with Crippen molar-refractivity contribution in [2.45, 2.75) is 95.3 Å². The Bertz CT molecular complexity index is 1230. The van der Waals surface area contributed by atoms with E-state index >= 15 is 0 Å². The van der Waals surface area contributed by atoms with Crippen LogP contribution in [0.1, 0.15) is 37.5 Å². The molecule has 1 aliphatic carbocycles. The van der Waals surface area contributed by atoms with Crippen LogP contribution in [0.25, 0.3) is 0 Å². The first-order valence-electron chi connectivity index (χ1n) is 15.2. The third-order valence-corrected chi connectivity index (χ3v) is 12.9. The largest absolute Gasteiger partial charge is 0.408 e. The maximum absolute atomic E-state index is 12.1. The van der Waals surface area contributed by atoms with Crippen molar-refractivity contribution >= 4 is 8.32 Å². The SMILES string of the molecule is C=CCO[C@H]1[C@@H](OCc2ccccc2)[C@@H](OCc2ccccc2)[C@@H](OCc2ccccc2)[C@H](O)[C@H]1O[Si](C)(C)C(C)(C)C. The predicted molar refractivity (Wildman–Crippen MR) is 173 cm³/mol. The number of ether oxygens (including phenoxy) is 4. The van der Waals surface area contributed by atoms with Gasteiger partial charge in [0.05, 0.1) is 26.4 Å². The van der Waals surface area contributed by atoms with Crippen LogP contribution in [0.4, 0.5) is 0 Å². The fourth-order valence-corrected chi connectivity index (χ4v) is 6.34. The molecule has 0 aromatic heterocycles. The summed E-state index contributed by atoms with van der Waals surface area (Å²) in [6, 6.07) is 30.0. The number of benzene rings is 3. The second-order valence-electron chi connectivity index (χ2n) is 12.7. The van der Waals surface area contributed by atoms with Crippen LogP contribution in [-0.4, -0.2) is 56.7 Å². The maximum Gasteiger partial charge on any atom is 0.192 e. The Balaban J connectivity index is 1.73. The quantitative estimate of drug-likeness (QED) is 0.157. The van der Waals surface area contributed by atoms with Gasteiger partial charge in [-0.15, -0.1) is 6.58 Å². The normalized spacial score (nSPS) is 24.5. The molecule has 0 bridgehead atoms.